The quantitative estimate of drug-likeness (QED) is 0.431. The normalized spacial score (nSPS) is 20.7. The van der Waals surface area contributed by atoms with Gasteiger partial charge in [-0.1, -0.05) is 93.6 Å². The average Bonchev–Trinajstić information content (AvgIpc) is 3.32. The number of amides is 2. The van der Waals surface area contributed by atoms with Crippen LogP contribution in [0.1, 0.15) is 80.4 Å². The summed E-state index contributed by atoms with van der Waals surface area (Å²) in [7, 11) is 0. The second kappa shape index (κ2) is 11.0. The first-order valence-corrected chi connectivity index (χ1v) is 14.0. The summed E-state index contributed by atoms with van der Waals surface area (Å²) in [6.07, 6.45) is 9.04. The van der Waals surface area contributed by atoms with E-state index in [-0.39, 0.29) is 17.9 Å². The molecule has 2 aliphatic rings. The number of rotatable bonds is 6. The van der Waals surface area contributed by atoms with E-state index in [0.717, 1.165) is 48.9 Å². The second-order valence-corrected chi connectivity index (χ2v) is 10.9. The number of aryl methyl sites for hydroxylation is 1. The number of nitrogens with one attached hydrogen (secondary N) is 1. The number of carbonyl (C=O) groups is 2. The molecule has 37 heavy (non-hydrogen) atoms. The van der Waals surface area contributed by atoms with Crippen molar-refractivity contribution >= 4 is 11.8 Å². The van der Waals surface area contributed by atoms with Gasteiger partial charge in [-0.3, -0.25) is 9.59 Å². The molecular formula is C32H39N3O2. The minimum Gasteiger partial charge on any atom is -0.351 e. The van der Waals surface area contributed by atoms with Gasteiger partial charge in [0.1, 0.15) is 11.2 Å². The lowest BCUT2D eigenvalue weighted by Crippen LogP contribution is -2.64. The van der Waals surface area contributed by atoms with E-state index in [1.807, 2.05) is 41.8 Å². The van der Waals surface area contributed by atoms with E-state index in [1.54, 1.807) is 4.90 Å². The van der Waals surface area contributed by atoms with Crippen molar-refractivity contribution in [3.8, 4) is 11.3 Å². The Labute approximate surface area is 220 Å². The fraction of sp³-hybridized carbons (Fsp3) is 0.438. The van der Waals surface area contributed by atoms with Gasteiger partial charge in [-0.2, -0.15) is 0 Å². The standard InChI is InChI=1S/C32H39N3O2/c1-3-24-16-18-25(19-17-24)22-35-30(36)29-21-20-28(26-12-8-7-9-13-26)34(29)23-32(35,2)31(37)33-27-14-10-5-4-6-11-15-27/h7-9,12-13,16-21,27H,3-6,10-11,14-15,22-23H2,1-2H3,(H,33,37)/t32-/m0/s1. The van der Waals surface area contributed by atoms with E-state index in [9.17, 15) is 9.59 Å². The van der Waals surface area contributed by atoms with Crippen LogP contribution in [0.15, 0.2) is 66.7 Å². The number of carbonyl (C=O) groups excluding carboxylic acids is 2. The molecule has 1 aromatic heterocycles. The lowest BCUT2D eigenvalue weighted by molar-refractivity contribution is -0.134. The number of fused-ring (bicyclic) bond motifs is 1. The van der Waals surface area contributed by atoms with Crippen molar-refractivity contribution in [1.82, 2.24) is 14.8 Å². The lowest BCUT2D eigenvalue weighted by atomic mass is 9.91. The van der Waals surface area contributed by atoms with Crippen LogP contribution in [-0.2, 0) is 24.3 Å². The predicted molar refractivity (Wildman–Crippen MR) is 148 cm³/mol. The summed E-state index contributed by atoms with van der Waals surface area (Å²) >= 11 is 0. The summed E-state index contributed by atoms with van der Waals surface area (Å²) in [6, 6.07) is 22.6. The largest absolute Gasteiger partial charge is 0.351 e. The van der Waals surface area contributed by atoms with Crippen molar-refractivity contribution < 1.29 is 9.59 Å². The Balaban J connectivity index is 1.50. The van der Waals surface area contributed by atoms with Crippen molar-refractivity contribution in [3.05, 3.63) is 83.6 Å². The minimum atomic E-state index is -1.00. The predicted octanol–water partition coefficient (Wildman–Crippen LogP) is 6.36. The molecule has 2 heterocycles. The van der Waals surface area contributed by atoms with Gasteiger partial charge in [-0.05, 0) is 55.0 Å². The van der Waals surface area contributed by atoms with Crippen LogP contribution in [0.4, 0.5) is 0 Å². The fourth-order valence-corrected chi connectivity index (χ4v) is 5.89. The molecule has 0 saturated heterocycles. The van der Waals surface area contributed by atoms with Gasteiger partial charge in [0.25, 0.3) is 5.91 Å². The molecular weight excluding hydrogens is 458 g/mol. The first-order chi connectivity index (χ1) is 18.0. The summed E-state index contributed by atoms with van der Waals surface area (Å²) in [6.45, 7) is 4.92. The molecule has 0 bridgehead atoms. The van der Waals surface area contributed by atoms with Crippen LogP contribution in [-0.4, -0.2) is 32.9 Å². The maximum absolute atomic E-state index is 14.1. The molecule has 2 amide bonds. The van der Waals surface area contributed by atoms with Crippen LogP contribution in [0.3, 0.4) is 0 Å². The Bertz CT molecular complexity index is 1220. The number of aromatic nitrogens is 1. The zero-order valence-corrected chi connectivity index (χ0v) is 22.2. The summed E-state index contributed by atoms with van der Waals surface area (Å²) in [5.41, 5.74) is 3.96. The van der Waals surface area contributed by atoms with Gasteiger partial charge in [-0.25, -0.2) is 0 Å². The van der Waals surface area contributed by atoms with Crippen molar-refractivity contribution in [3.63, 3.8) is 0 Å². The highest BCUT2D eigenvalue weighted by Crippen LogP contribution is 2.34. The van der Waals surface area contributed by atoms with Gasteiger partial charge in [0.05, 0.1) is 6.54 Å². The van der Waals surface area contributed by atoms with Gasteiger partial charge in [-0.15, -0.1) is 0 Å². The Hall–Kier alpha value is -3.34. The monoisotopic (exact) mass is 497 g/mol. The third kappa shape index (κ3) is 5.22. The Morgan fingerprint density at radius 2 is 1.49 bits per heavy atom. The molecule has 1 N–H and O–H groups in total. The fourth-order valence-electron chi connectivity index (χ4n) is 5.89. The summed E-state index contributed by atoms with van der Waals surface area (Å²) in [5, 5.41) is 3.39. The van der Waals surface area contributed by atoms with E-state index in [0.29, 0.717) is 18.8 Å². The molecule has 1 saturated carbocycles. The van der Waals surface area contributed by atoms with Crippen LogP contribution in [0.25, 0.3) is 11.3 Å². The molecule has 1 atom stereocenters. The molecule has 5 rings (SSSR count). The van der Waals surface area contributed by atoms with E-state index in [2.05, 4.69) is 48.6 Å². The molecule has 1 aliphatic carbocycles. The summed E-state index contributed by atoms with van der Waals surface area (Å²) in [4.78, 5) is 29.9. The van der Waals surface area contributed by atoms with Crippen molar-refractivity contribution in [2.75, 3.05) is 0 Å². The van der Waals surface area contributed by atoms with Crippen LogP contribution in [0.5, 0.6) is 0 Å². The Kier molecular flexibility index (Phi) is 7.50. The highest BCUT2D eigenvalue weighted by molar-refractivity contribution is 6.00. The molecule has 2 aromatic carbocycles. The Morgan fingerprint density at radius 1 is 0.865 bits per heavy atom. The van der Waals surface area contributed by atoms with Crippen molar-refractivity contribution in [2.24, 2.45) is 0 Å². The number of benzene rings is 2. The van der Waals surface area contributed by atoms with E-state index >= 15 is 0 Å². The molecule has 0 unspecified atom stereocenters. The summed E-state index contributed by atoms with van der Waals surface area (Å²) in [5.74, 6) is -0.140. The van der Waals surface area contributed by atoms with Crippen LogP contribution in [0, 0.1) is 0 Å². The number of hydrogen-bond donors (Lipinski definition) is 1. The van der Waals surface area contributed by atoms with Crippen molar-refractivity contribution in [1.29, 1.82) is 0 Å². The van der Waals surface area contributed by atoms with Crippen LogP contribution < -0.4 is 5.32 Å². The third-order valence-corrected chi connectivity index (χ3v) is 8.28. The van der Waals surface area contributed by atoms with Gasteiger partial charge >= 0.3 is 0 Å². The molecule has 0 radical (unpaired) electrons. The zero-order chi connectivity index (χ0) is 25.8. The van der Waals surface area contributed by atoms with E-state index in [1.165, 1.54) is 24.8 Å². The maximum Gasteiger partial charge on any atom is 0.271 e. The molecule has 3 aromatic rings. The smallest absolute Gasteiger partial charge is 0.271 e. The zero-order valence-electron chi connectivity index (χ0n) is 22.2. The van der Waals surface area contributed by atoms with Crippen molar-refractivity contribution in [2.45, 2.75) is 89.9 Å². The topological polar surface area (TPSA) is 54.3 Å². The number of hydrogen-bond acceptors (Lipinski definition) is 2. The van der Waals surface area contributed by atoms with Crippen LogP contribution >= 0.6 is 0 Å². The molecule has 0 spiro atoms. The molecule has 1 aliphatic heterocycles. The lowest BCUT2D eigenvalue weighted by Gasteiger charge is -2.45. The maximum atomic E-state index is 14.1. The van der Waals surface area contributed by atoms with Gasteiger partial charge in [0.2, 0.25) is 5.91 Å². The summed E-state index contributed by atoms with van der Waals surface area (Å²) < 4.78 is 2.05. The van der Waals surface area contributed by atoms with Crippen LogP contribution in [0.2, 0.25) is 0 Å². The van der Waals surface area contributed by atoms with Gasteiger partial charge in [0, 0.05) is 18.3 Å². The SMILES string of the molecule is CCc1ccc(CN2C(=O)c3ccc(-c4ccccc4)n3C[C@@]2(C)C(=O)NC2CCCCCCC2)cc1. The average molecular weight is 498 g/mol. The highest BCUT2D eigenvalue weighted by atomic mass is 16.2. The molecule has 194 valence electrons. The second-order valence-electron chi connectivity index (χ2n) is 10.9. The van der Waals surface area contributed by atoms with Gasteiger partial charge < -0.3 is 14.8 Å². The third-order valence-electron chi connectivity index (χ3n) is 8.28. The molecule has 1 fully saturated rings. The first kappa shape index (κ1) is 25.3. The van der Waals surface area contributed by atoms with E-state index in [4.69, 9.17) is 0 Å². The van der Waals surface area contributed by atoms with Gasteiger partial charge in [0.15, 0.2) is 0 Å². The molecule has 5 nitrogen and oxygen atoms in total. The highest BCUT2D eigenvalue weighted by Gasteiger charge is 2.48. The first-order valence-electron chi connectivity index (χ1n) is 14.0. The van der Waals surface area contributed by atoms with E-state index < -0.39 is 5.54 Å². The number of nitrogens with zero attached hydrogens (tertiary/aromatic N) is 2. The molecule has 5 heteroatoms. The minimum absolute atomic E-state index is 0.0463. The Morgan fingerprint density at radius 3 is 2.16 bits per heavy atom.